The summed E-state index contributed by atoms with van der Waals surface area (Å²) in [5.41, 5.74) is -24.6. The van der Waals surface area contributed by atoms with Crippen LogP contribution >= 0.6 is 0 Å². The maximum absolute atomic E-state index is 11.5. The van der Waals surface area contributed by atoms with Crippen LogP contribution in [-0.4, -0.2) is 80.2 Å². The lowest BCUT2D eigenvalue weighted by Gasteiger charge is -2.11. The van der Waals surface area contributed by atoms with Crippen molar-refractivity contribution < 1.29 is 86.4 Å². The Balaban J connectivity index is 0. The number of rotatable bonds is 6. The Kier molecular flexibility index (Phi) is 13.3. The summed E-state index contributed by atoms with van der Waals surface area (Å²) in [5.74, 6) is 0. The van der Waals surface area contributed by atoms with Crippen molar-refractivity contribution in [3.8, 4) is 0 Å². The first-order valence-corrected chi connectivity index (χ1v) is 14.8. The van der Waals surface area contributed by atoms with Gasteiger partial charge >= 0.3 is 62.1 Å². The predicted molar refractivity (Wildman–Crippen MR) is 102 cm³/mol. The molecule has 0 aromatic carbocycles. The Morgan fingerprint density at radius 1 is 0.526 bits per heavy atom. The van der Waals surface area contributed by atoms with E-state index in [2.05, 4.69) is 11.8 Å². The van der Waals surface area contributed by atoms with Gasteiger partial charge in [-0.25, -0.2) is 33.7 Å². The highest BCUT2D eigenvalue weighted by Crippen LogP contribution is 2.28. The molecule has 0 aromatic heterocycles. The third-order valence-electron chi connectivity index (χ3n) is 3.40. The minimum Gasteiger partial charge on any atom is -0.303 e. The highest BCUT2D eigenvalue weighted by Gasteiger charge is 2.56. The molecule has 0 aromatic rings. The van der Waals surface area contributed by atoms with Gasteiger partial charge in [0.2, 0.25) is 0 Å². The van der Waals surface area contributed by atoms with Gasteiger partial charge in [0.15, 0.2) is 0 Å². The molecule has 1 heterocycles. The molecule has 1 aliphatic rings. The molecule has 0 unspecified atom stereocenters. The molecule has 1 saturated heterocycles. The Bertz CT molecular complexity index is 1010. The summed E-state index contributed by atoms with van der Waals surface area (Å²) < 4.78 is 217. The molecule has 0 spiro atoms. The highest BCUT2D eigenvalue weighted by atomic mass is 32.3. The Labute approximate surface area is 207 Å². The van der Waals surface area contributed by atoms with Crippen molar-refractivity contribution >= 4 is 40.1 Å². The molecule has 1 aliphatic heterocycles. The summed E-state index contributed by atoms with van der Waals surface area (Å²) in [5, 5.41) is 0. The molecular formula is C11H17F12N3O8S4. The second-order valence-electron chi connectivity index (χ2n) is 6.51. The molecule has 1 fully saturated rings. The van der Waals surface area contributed by atoms with Gasteiger partial charge in [-0.05, 0) is 38.9 Å². The van der Waals surface area contributed by atoms with E-state index in [1.54, 1.807) is 0 Å². The van der Waals surface area contributed by atoms with Crippen LogP contribution in [0.1, 0.15) is 26.2 Å². The van der Waals surface area contributed by atoms with Gasteiger partial charge < -0.3 is 4.90 Å². The standard InChI is InChI=1S/C7H15N.2C2HF6NO4S2/c1-2-5-8-6-3-4-7-8;2*3-1(4,5)14(10,11)9-15(12,13)2(6,7)8/h2-7H2,1H3;2*9H. The van der Waals surface area contributed by atoms with Crippen molar-refractivity contribution in [1.29, 1.82) is 0 Å². The quantitative estimate of drug-likeness (QED) is 0.401. The molecule has 27 heteroatoms. The topological polar surface area (TPSA) is 164 Å². The van der Waals surface area contributed by atoms with Crippen molar-refractivity contribution in [2.75, 3.05) is 19.6 Å². The number of hydrogen-bond acceptors (Lipinski definition) is 9. The number of alkyl halides is 12. The van der Waals surface area contributed by atoms with E-state index < -0.39 is 70.4 Å². The molecular weight excluding hydrogens is 658 g/mol. The van der Waals surface area contributed by atoms with Gasteiger partial charge in [-0.2, -0.15) is 52.7 Å². The minimum absolute atomic E-state index is 0.493. The smallest absolute Gasteiger partial charge is 0.303 e. The fourth-order valence-electron chi connectivity index (χ4n) is 1.80. The summed E-state index contributed by atoms with van der Waals surface area (Å²) in [6, 6.07) is 0. The van der Waals surface area contributed by atoms with E-state index in [0.29, 0.717) is 0 Å². The fourth-order valence-corrected chi connectivity index (χ4v) is 5.62. The Morgan fingerprint density at radius 2 is 0.737 bits per heavy atom. The first kappa shape index (κ1) is 39.0. The number of halogens is 12. The molecule has 1 rings (SSSR count). The van der Waals surface area contributed by atoms with Gasteiger partial charge in [-0.3, -0.25) is 0 Å². The van der Waals surface area contributed by atoms with Gasteiger partial charge in [0.1, 0.15) is 0 Å². The van der Waals surface area contributed by atoms with Crippen LogP contribution in [0.4, 0.5) is 52.7 Å². The van der Waals surface area contributed by atoms with Crippen molar-refractivity contribution in [3.63, 3.8) is 0 Å². The first-order valence-electron chi connectivity index (χ1n) is 8.89. The molecule has 2 N–H and O–H groups in total. The van der Waals surface area contributed by atoms with E-state index in [-0.39, 0.29) is 0 Å². The van der Waals surface area contributed by atoms with Crippen LogP contribution in [0, 0.1) is 0 Å². The fraction of sp³-hybridized carbons (Fsp3) is 1.00. The van der Waals surface area contributed by atoms with Crippen molar-refractivity contribution in [3.05, 3.63) is 0 Å². The average molecular weight is 676 g/mol. The lowest BCUT2D eigenvalue weighted by molar-refractivity contribution is -0.0487. The van der Waals surface area contributed by atoms with Gasteiger partial charge in [-0.1, -0.05) is 15.2 Å². The zero-order valence-electron chi connectivity index (χ0n) is 18.1. The molecule has 0 saturated carbocycles. The van der Waals surface area contributed by atoms with Crippen molar-refractivity contribution in [1.82, 2.24) is 13.2 Å². The molecule has 0 atom stereocenters. The van der Waals surface area contributed by atoms with Crippen LogP contribution < -0.4 is 8.25 Å². The average Bonchev–Trinajstić information content (AvgIpc) is 3.10. The summed E-state index contributed by atoms with van der Waals surface area (Å²) in [6.45, 7) is 6.28. The minimum atomic E-state index is -6.60. The predicted octanol–water partition coefficient (Wildman–Crippen LogP) is 2.04. The van der Waals surface area contributed by atoms with Crippen LogP contribution in [0.5, 0.6) is 0 Å². The van der Waals surface area contributed by atoms with Gasteiger partial charge in [0.25, 0.3) is 0 Å². The summed E-state index contributed by atoms with van der Waals surface area (Å²) in [4.78, 5) is 2.54. The van der Waals surface area contributed by atoms with Crippen LogP contribution in [0.25, 0.3) is 0 Å². The summed E-state index contributed by atoms with van der Waals surface area (Å²) in [7, 11) is -26.4. The zero-order valence-corrected chi connectivity index (χ0v) is 21.4. The van der Waals surface area contributed by atoms with E-state index in [0.717, 1.165) is 0 Å². The molecule has 232 valence electrons. The third kappa shape index (κ3) is 12.3. The first-order chi connectivity index (χ1) is 16.3. The van der Waals surface area contributed by atoms with Gasteiger partial charge in [-0.15, -0.1) is 0 Å². The molecule has 0 amide bonds. The van der Waals surface area contributed by atoms with Crippen LogP contribution in [0.3, 0.4) is 0 Å². The second kappa shape index (κ2) is 13.0. The molecule has 11 nitrogen and oxygen atoms in total. The number of sulfonamides is 4. The Morgan fingerprint density at radius 3 is 0.895 bits per heavy atom. The maximum Gasteiger partial charge on any atom is 0.512 e. The van der Waals surface area contributed by atoms with E-state index in [1.807, 2.05) is 0 Å². The van der Waals surface area contributed by atoms with Gasteiger partial charge in [0.05, 0.1) is 0 Å². The van der Waals surface area contributed by atoms with Crippen LogP contribution in [0.15, 0.2) is 0 Å². The number of hydrogen-bond donors (Lipinski definition) is 2. The number of nitrogens with one attached hydrogen (secondary N) is 2. The van der Waals surface area contributed by atoms with E-state index in [1.165, 1.54) is 38.9 Å². The summed E-state index contributed by atoms with van der Waals surface area (Å²) >= 11 is 0. The number of likely N-dealkylation sites (tertiary alicyclic amines) is 1. The molecule has 0 aliphatic carbocycles. The lowest BCUT2D eigenvalue weighted by atomic mass is 10.4. The largest absolute Gasteiger partial charge is 0.512 e. The molecule has 0 bridgehead atoms. The van der Waals surface area contributed by atoms with Gasteiger partial charge in [0, 0.05) is 0 Å². The van der Waals surface area contributed by atoms with Crippen molar-refractivity contribution in [2.24, 2.45) is 0 Å². The van der Waals surface area contributed by atoms with E-state index >= 15 is 0 Å². The monoisotopic (exact) mass is 675 g/mol. The SMILES string of the molecule is CCCN1CCCC1.O=S(=O)(NS(=O)(=O)C(F)(F)F)C(F)(F)F.O=S(=O)(NS(=O)(=O)C(F)(F)F)C(F)(F)F. The van der Waals surface area contributed by atoms with E-state index in [4.69, 9.17) is 0 Å². The van der Waals surface area contributed by atoms with E-state index in [9.17, 15) is 86.4 Å². The molecule has 38 heavy (non-hydrogen) atoms. The second-order valence-corrected chi connectivity index (χ2v) is 13.7. The Hall–Kier alpha value is -1.16. The highest BCUT2D eigenvalue weighted by molar-refractivity contribution is 8.06. The third-order valence-corrected chi connectivity index (χ3v) is 9.34. The maximum atomic E-state index is 11.5. The number of nitrogens with zero attached hydrogens (tertiary/aromatic N) is 1. The lowest BCUT2D eigenvalue weighted by Crippen LogP contribution is -2.45. The summed E-state index contributed by atoms with van der Waals surface area (Å²) in [6.07, 6.45) is 4.18. The van der Waals surface area contributed by atoms with Crippen LogP contribution in [0.2, 0.25) is 0 Å². The molecule has 0 radical (unpaired) electrons. The van der Waals surface area contributed by atoms with Crippen LogP contribution in [-0.2, 0) is 40.1 Å². The normalized spacial score (nSPS) is 16.8. The van der Waals surface area contributed by atoms with Crippen molar-refractivity contribution in [2.45, 2.75) is 48.2 Å². The zero-order chi connectivity index (χ0) is 31.2.